The number of amides is 1. The van der Waals surface area contributed by atoms with Crippen LogP contribution in [0.5, 0.6) is 0 Å². The van der Waals surface area contributed by atoms with Crippen molar-refractivity contribution in [1.82, 2.24) is 10.2 Å². The normalized spacial score (nSPS) is 17.0. The summed E-state index contributed by atoms with van der Waals surface area (Å²) in [5, 5.41) is 3.03. The summed E-state index contributed by atoms with van der Waals surface area (Å²) in [5.74, 6) is 0.338. The van der Waals surface area contributed by atoms with Gasteiger partial charge in [0.25, 0.3) is 0 Å². The molecule has 1 N–H and O–H groups in total. The number of benzene rings is 1. The number of nitrogens with zero attached hydrogens (tertiary/aromatic N) is 2. The van der Waals surface area contributed by atoms with Gasteiger partial charge in [-0.1, -0.05) is 32.0 Å². The fraction of sp³-hybridized carbons (Fsp3) is 0.632. The molecule has 1 saturated heterocycles. The van der Waals surface area contributed by atoms with Crippen LogP contribution >= 0.6 is 0 Å². The van der Waals surface area contributed by atoms with Crippen LogP contribution in [0.25, 0.3) is 0 Å². The van der Waals surface area contributed by atoms with Gasteiger partial charge in [0, 0.05) is 44.3 Å². The third-order valence-electron chi connectivity index (χ3n) is 4.75. The largest absolute Gasteiger partial charge is 0.369 e. The molecule has 23 heavy (non-hydrogen) atoms. The number of rotatable bonds is 8. The van der Waals surface area contributed by atoms with Crippen LogP contribution in [0, 0.1) is 5.92 Å². The molecule has 128 valence electrons. The van der Waals surface area contributed by atoms with Crippen molar-refractivity contribution >= 4 is 11.6 Å². The van der Waals surface area contributed by atoms with Gasteiger partial charge in [-0.2, -0.15) is 0 Å². The quantitative estimate of drug-likeness (QED) is 0.749. The van der Waals surface area contributed by atoms with Gasteiger partial charge in [-0.05, 0) is 37.9 Å². The summed E-state index contributed by atoms with van der Waals surface area (Å²) in [6, 6.07) is 10.7. The number of piperazine rings is 1. The Bertz CT molecular complexity index is 455. The summed E-state index contributed by atoms with van der Waals surface area (Å²) in [7, 11) is 0. The minimum absolute atomic E-state index is 0.140. The van der Waals surface area contributed by atoms with Gasteiger partial charge < -0.3 is 10.2 Å². The fourth-order valence-electron chi connectivity index (χ4n) is 2.90. The fourth-order valence-corrected chi connectivity index (χ4v) is 2.90. The summed E-state index contributed by atoms with van der Waals surface area (Å²) < 4.78 is 0. The first-order valence-electron chi connectivity index (χ1n) is 9.00. The Kier molecular flexibility index (Phi) is 7.40. The zero-order chi connectivity index (χ0) is 16.5. The van der Waals surface area contributed by atoms with Gasteiger partial charge in [-0.15, -0.1) is 0 Å². The average molecular weight is 317 g/mol. The van der Waals surface area contributed by atoms with E-state index in [9.17, 15) is 4.79 Å². The Balaban J connectivity index is 1.56. The smallest absolute Gasteiger partial charge is 0.222 e. The maximum absolute atomic E-state index is 11.7. The topological polar surface area (TPSA) is 35.6 Å². The number of anilines is 1. The molecule has 1 atom stereocenters. The monoisotopic (exact) mass is 317 g/mol. The third kappa shape index (κ3) is 5.87. The molecule has 0 aliphatic carbocycles. The first-order chi connectivity index (χ1) is 11.2. The number of para-hydroxylation sites is 1. The molecule has 0 spiro atoms. The van der Waals surface area contributed by atoms with Gasteiger partial charge in [0.1, 0.15) is 0 Å². The minimum atomic E-state index is 0.140. The van der Waals surface area contributed by atoms with Crippen molar-refractivity contribution in [3.63, 3.8) is 0 Å². The second kappa shape index (κ2) is 9.56. The average Bonchev–Trinajstić information content (AvgIpc) is 2.61. The van der Waals surface area contributed by atoms with Crippen LogP contribution in [-0.2, 0) is 4.79 Å². The van der Waals surface area contributed by atoms with Crippen molar-refractivity contribution in [1.29, 1.82) is 0 Å². The molecule has 1 aromatic rings. The van der Waals surface area contributed by atoms with Crippen molar-refractivity contribution in [3.8, 4) is 0 Å². The molecule has 1 aliphatic heterocycles. The minimum Gasteiger partial charge on any atom is -0.369 e. The van der Waals surface area contributed by atoms with Crippen molar-refractivity contribution in [2.24, 2.45) is 5.92 Å². The lowest BCUT2D eigenvalue weighted by Crippen LogP contribution is -2.46. The van der Waals surface area contributed by atoms with Crippen molar-refractivity contribution in [2.75, 3.05) is 44.2 Å². The molecule has 1 heterocycles. The SMILES string of the molecule is CCC(C)C(=O)NCCCCN1CCN(c2ccccc2)CC1. The molecule has 0 saturated carbocycles. The lowest BCUT2D eigenvalue weighted by Gasteiger charge is -2.36. The zero-order valence-corrected chi connectivity index (χ0v) is 14.6. The number of carbonyl (C=O) groups is 1. The van der Waals surface area contributed by atoms with Crippen LogP contribution < -0.4 is 10.2 Å². The lowest BCUT2D eigenvalue weighted by molar-refractivity contribution is -0.124. The molecular weight excluding hydrogens is 286 g/mol. The first-order valence-corrected chi connectivity index (χ1v) is 9.00. The van der Waals surface area contributed by atoms with Crippen molar-refractivity contribution in [3.05, 3.63) is 30.3 Å². The van der Waals surface area contributed by atoms with E-state index in [2.05, 4.69) is 52.4 Å². The molecule has 4 heteroatoms. The van der Waals surface area contributed by atoms with Gasteiger partial charge >= 0.3 is 0 Å². The molecule has 1 aromatic carbocycles. The van der Waals surface area contributed by atoms with E-state index in [1.54, 1.807) is 0 Å². The molecule has 4 nitrogen and oxygen atoms in total. The zero-order valence-electron chi connectivity index (χ0n) is 14.6. The van der Waals surface area contributed by atoms with Crippen molar-refractivity contribution < 1.29 is 4.79 Å². The van der Waals surface area contributed by atoms with Crippen LogP contribution in [-0.4, -0.2) is 50.1 Å². The van der Waals surface area contributed by atoms with Crippen LogP contribution in [0.4, 0.5) is 5.69 Å². The Hall–Kier alpha value is -1.55. The van der Waals surface area contributed by atoms with Gasteiger partial charge in [0.15, 0.2) is 0 Å². The highest BCUT2D eigenvalue weighted by Gasteiger charge is 2.16. The summed E-state index contributed by atoms with van der Waals surface area (Å²) in [4.78, 5) is 16.7. The number of nitrogens with one attached hydrogen (secondary N) is 1. The highest BCUT2D eigenvalue weighted by atomic mass is 16.1. The summed E-state index contributed by atoms with van der Waals surface area (Å²) >= 11 is 0. The molecular formula is C19H31N3O. The summed E-state index contributed by atoms with van der Waals surface area (Å²) in [6.45, 7) is 10.5. The highest BCUT2D eigenvalue weighted by Crippen LogP contribution is 2.15. The molecule has 0 aromatic heterocycles. The number of hydrogen-bond donors (Lipinski definition) is 1. The first kappa shape index (κ1) is 17.8. The van der Waals surface area contributed by atoms with E-state index < -0.39 is 0 Å². The molecule has 1 amide bonds. The summed E-state index contributed by atoms with van der Waals surface area (Å²) in [6.07, 6.45) is 3.14. The molecule has 0 radical (unpaired) electrons. The molecule has 1 fully saturated rings. The van der Waals surface area contributed by atoms with E-state index in [0.29, 0.717) is 0 Å². The van der Waals surface area contributed by atoms with E-state index in [4.69, 9.17) is 0 Å². The number of hydrogen-bond acceptors (Lipinski definition) is 3. The van der Waals surface area contributed by atoms with E-state index in [1.165, 1.54) is 5.69 Å². The molecule has 2 rings (SSSR count). The Morgan fingerprint density at radius 2 is 1.83 bits per heavy atom. The van der Waals surface area contributed by atoms with Gasteiger partial charge in [0.2, 0.25) is 5.91 Å². The van der Waals surface area contributed by atoms with E-state index in [1.807, 2.05) is 6.92 Å². The van der Waals surface area contributed by atoms with Gasteiger partial charge in [-0.25, -0.2) is 0 Å². The van der Waals surface area contributed by atoms with Crippen LogP contribution in [0.3, 0.4) is 0 Å². The Morgan fingerprint density at radius 3 is 2.48 bits per heavy atom. The van der Waals surface area contributed by atoms with Gasteiger partial charge in [-0.3, -0.25) is 9.69 Å². The van der Waals surface area contributed by atoms with Gasteiger partial charge in [0.05, 0.1) is 0 Å². The van der Waals surface area contributed by atoms with Crippen LogP contribution in [0.2, 0.25) is 0 Å². The standard InChI is InChI=1S/C19H31N3O/c1-3-17(2)19(23)20-11-7-8-12-21-13-15-22(16-14-21)18-9-5-4-6-10-18/h4-6,9-10,17H,3,7-8,11-16H2,1-2H3,(H,20,23). The molecule has 1 aliphatic rings. The van der Waals surface area contributed by atoms with E-state index in [-0.39, 0.29) is 11.8 Å². The highest BCUT2D eigenvalue weighted by molar-refractivity contribution is 5.78. The summed E-state index contributed by atoms with van der Waals surface area (Å²) in [5.41, 5.74) is 1.33. The number of unbranched alkanes of at least 4 members (excludes halogenated alkanes) is 1. The Morgan fingerprint density at radius 1 is 1.13 bits per heavy atom. The molecule has 1 unspecified atom stereocenters. The maximum Gasteiger partial charge on any atom is 0.222 e. The second-order valence-corrected chi connectivity index (χ2v) is 6.47. The predicted octanol–water partition coefficient (Wildman–Crippen LogP) is 2.75. The lowest BCUT2D eigenvalue weighted by atomic mass is 10.1. The van der Waals surface area contributed by atoms with E-state index in [0.717, 1.165) is 58.5 Å². The molecule has 0 bridgehead atoms. The number of carbonyl (C=O) groups excluding carboxylic acids is 1. The van der Waals surface area contributed by atoms with Crippen LogP contribution in [0.1, 0.15) is 33.1 Å². The van der Waals surface area contributed by atoms with Crippen LogP contribution in [0.15, 0.2) is 30.3 Å². The second-order valence-electron chi connectivity index (χ2n) is 6.47. The maximum atomic E-state index is 11.7. The predicted molar refractivity (Wildman–Crippen MR) is 96.8 cm³/mol. The third-order valence-corrected chi connectivity index (χ3v) is 4.75. The Labute approximate surface area is 140 Å². The van der Waals surface area contributed by atoms with E-state index >= 15 is 0 Å². The van der Waals surface area contributed by atoms with Crippen molar-refractivity contribution in [2.45, 2.75) is 33.1 Å².